The average Bonchev–Trinajstić information content (AvgIpc) is 3.87. The summed E-state index contributed by atoms with van der Waals surface area (Å²) in [5, 5.41) is 7.17. The number of furan rings is 1. The number of hydrogen-bond acceptors (Lipinski definition) is 3. The molecule has 0 bridgehead atoms. The number of fused-ring (bicyclic) bond motifs is 9. The van der Waals surface area contributed by atoms with Crippen LogP contribution in [0.3, 0.4) is 0 Å². The van der Waals surface area contributed by atoms with Crippen LogP contribution in [0.4, 0.5) is 17.1 Å². The van der Waals surface area contributed by atoms with Crippen molar-refractivity contribution in [2.24, 2.45) is 0 Å². The van der Waals surface area contributed by atoms with Crippen molar-refractivity contribution < 1.29 is 9.15 Å². The number of anilines is 3. The summed E-state index contributed by atoms with van der Waals surface area (Å²) in [5.74, 6) is 1.12. The molecular weight excluding hydrogens is 719 g/mol. The van der Waals surface area contributed by atoms with Crippen LogP contribution in [0.5, 0.6) is 5.75 Å². The molecule has 0 N–H and O–H groups in total. The zero-order valence-electron chi connectivity index (χ0n) is 32.1. The summed E-state index contributed by atoms with van der Waals surface area (Å²) < 4.78 is 13.0. The normalized spacial score (nSPS) is 15.5. The van der Waals surface area contributed by atoms with Gasteiger partial charge in [0.1, 0.15) is 23.0 Å². The molecule has 0 fully saturated rings. The van der Waals surface area contributed by atoms with Crippen molar-refractivity contribution >= 4 is 60.5 Å². The Morgan fingerprint density at radius 2 is 1.12 bits per heavy atom. The SMILES string of the molecule is C1=CC2Oc3cccc(-c4cccc(N(c5ccc6c(c5)oc5ccccc56)c5cc(-c6cc7ccccc7c7ccccc67)ccc5-c5ccccc5)c4)c3C2C=C1. The van der Waals surface area contributed by atoms with E-state index in [9.17, 15) is 0 Å². The maximum absolute atomic E-state index is 6.55. The molecule has 10 aromatic rings. The Balaban J connectivity index is 1.12. The summed E-state index contributed by atoms with van der Waals surface area (Å²) >= 11 is 0. The standard InChI is InChI=1S/C56H37NO2/c1-2-14-36(15-3-1)43-30-28-39(50-33-38-16-4-5-19-42(38)45-20-6-7-21-46(45)50)34-51(43)57(41-29-31-48-47-22-8-10-25-52(47)59-55(48)35-41)40-18-12-17-37(32-40)44-24-13-27-54-56(44)49-23-9-11-26-53(49)58-54/h1-35,49,53H. The highest BCUT2D eigenvalue weighted by Gasteiger charge is 2.34. The van der Waals surface area contributed by atoms with Crippen LogP contribution in [0, 0.1) is 0 Å². The molecule has 3 nitrogen and oxygen atoms in total. The van der Waals surface area contributed by atoms with E-state index >= 15 is 0 Å². The van der Waals surface area contributed by atoms with Crippen LogP contribution < -0.4 is 9.64 Å². The predicted octanol–water partition coefficient (Wildman–Crippen LogP) is 15.3. The summed E-state index contributed by atoms with van der Waals surface area (Å²) in [6.07, 6.45) is 8.67. The molecule has 2 heterocycles. The van der Waals surface area contributed by atoms with Crippen molar-refractivity contribution in [1.29, 1.82) is 0 Å². The highest BCUT2D eigenvalue weighted by atomic mass is 16.5. The lowest BCUT2D eigenvalue weighted by Crippen LogP contribution is -2.15. The minimum Gasteiger partial charge on any atom is -0.485 e. The molecule has 1 aliphatic carbocycles. The maximum Gasteiger partial charge on any atom is 0.137 e. The fourth-order valence-corrected chi connectivity index (χ4v) is 9.48. The van der Waals surface area contributed by atoms with Gasteiger partial charge in [0.05, 0.1) is 5.69 Å². The predicted molar refractivity (Wildman–Crippen MR) is 245 cm³/mol. The fraction of sp³-hybridized carbons (Fsp3) is 0.0357. The first-order valence-electron chi connectivity index (χ1n) is 20.3. The molecule has 0 saturated heterocycles. The van der Waals surface area contributed by atoms with Gasteiger partial charge in [-0.25, -0.2) is 0 Å². The van der Waals surface area contributed by atoms with Gasteiger partial charge >= 0.3 is 0 Å². The zero-order valence-corrected chi connectivity index (χ0v) is 32.1. The molecule has 12 rings (SSSR count). The smallest absolute Gasteiger partial charge is 0.137 e. The third kappa shape index (κ3) is 5.50. The first-order valence-corrected chi connectivity index (χ1v) is 20.3. The van der Waals surface area contributed by atoms with Crippen molar-refractivity contribution in [2.45, 2.75) is 12.0 Å². The largest absolute Gasteiger partial charge is 0.485 e. The maximum atomic E-state index is 6.55. The van der Waals surface area contributed by atoms with E-state index in [0.717, 1.165) is 67.0 Å². The van der Waals surface area contributed by atoms with Gasteiger partial charge in [0, 0.05) is 45.3 Å². The van der Waals surface area contributed by atoms with E-state index in [0.29, 0.717) is 0 Å². The van der Waals surface area contributed by atoms with Gasteiger partial charge < -0.3 is 14.1 Å². The second-order valence-electron chi connectivity index (χ2n) is 15.5. The third-order valence-electron chi connectivity index (χ3n) is 12.2. The summed E-state index contributed by atoms with van der Waals surface area (Å²) in [5.41, 5.74) is 13.0. The van der Waals surface area contributed by atoms with Crippen LogP contribution in [0.25, 0.3) is 76.9 Å². The van der Waals surface area contributed by atoms with E-state index in [1.807, 2.05) is 12.1 Å². The van der Waals surface area contributed by atoms with Crippen molar-refractivity contribution in [2.75, 3.05) is 4.90 Å². The van der Waals surface area contributed by atoms with Crippen molar-refractivity contribution in [3.8, 4) is 39.1 Å². The lowest BCUT2D eigenvalue weighted by atomic mass is 9.86. The van der Waals surface area contributed by atoms with Gasteiger partial charge in [0.15, 0.2) is 0 Å². The van der Waals surface area contributed by atoms with Crippen molar-refractivity contribution in [3.05, 3.63) is 218 Å². The Kier molecular flexibility index (Phi) is 7.67. The molecule has 278 valence electrons. The number of allylic oxidation sites excluding steroid dienone is 2. The molecule has 2 atom stereocenters. The third-order valence-corrected chi connectivity index (χ3v) is 12.2. The Labute approximate surface area is 342 Å². The quantitative estimate of drug-likeness (QED) is 0.158. The van der Waals surface area contributed by atoms with Crippen LogP contribution in [0.15, 0.2) is 217 Å². The molecule has 0 radical (unpaired) electrons. The van der Waals surface area contributed by atoms with Crippen molar-refractivity contribution in [1.82, 2.24) is 0 Å². The summed E-state index contributed by atoms with van der Waals surface area (Å²) in [6.45, 7) is 0. The number of ether oxygens (including phenoxy) is 1. The molecule has 0 amide bonds. The van der Waals surface area contributed by atoms with Gasteiger partial charge in [-0.05, 0) is 104 Å². The van der Waals surface area contributed by atoms with Gasteiger partial charge in [0.2, 0.25) is 0 Å². The van der Waals surface area contributed by atoms with Crippen molar-refractivity contribution in [3.63, 3.8) is 0 Å². The highest BCUT2D eigenvalue weighted by molar-refractivity contribution is 6.14. The highest BCUT2D eigenvalue weighted by Crippen LogP contribution is 2.49. The zero-order chi connectivity index (χ0) is 38.9. The molecule has 59 heavy (non-hydrogen) atoms. The van der Waals surface area contributed by atoms with Gasteiger partial charge in [0.25, 0.3) is 0 Å². The molecule has 2 unspecified atom stereocenters. The summed E-state index contributed by atoms with van der Waals surface area (Å²) in [4.78, 5) is 2.41. The minimum atomic E-state index is 0.00808. The first-order chi connectivity index (χ1) is 29.2. The van der Waals surface area contributed by atoms with E-state index in [4.69, 9.17) is 9.15 Å². The van der Waals surface area contributed by atoms with Crippen LogP contribution in [0.2, 0.25) is 0 Å². The van der Waals surface area contributed by atoms with Gasteiger partial charge in [-0.1, -0.05) is 152 Å². The fourth-order valence-electron chi connectivity index (χ4n) is 9.48. The molecule has 3 heteroatoms. The molecule has 1 aliphatic heterocycles. The average molecular weight is 756 g/mol. The minimum absolute atomic E-state index is 0.00808. The van der Waals surface area contributed by atoms with Gasteiger partial charge in [-0.15, -0.1) is 0 Å². The summed E-state index contributed by atoms with van der Waals surface area (Å²) in [7, 11) is 0. The number of benzene rings is 9. The number of nitrogens with zero attached hydrogens (tertiary/aromatic N) is 1. The van der Waals surface area contributed by atoms with Crippen LogP contribution >= 0.6 is 0 Å². The Morgan fingerprint density at radius 1 is 0.407 bits per heavy atom. The van der Waals surface area contributed by atoms with Crippen LogP contribution in [0.1, 0.15) is 11.5 Å². The Morgan fingerprint density at radius 3 is 2.03 bits per heavy atom. The number of hydrogen-bond donors (Lipinski definition) is 0. The van der Waals surface area contributed by atoms with E-state index < -0.39 is 0 Å². The summed E-state index contributed by atoms with van der Waals surface area (Å²) in [6, 6.07) is 67.9. The first kappa shape index (κ1) is 33.5. The van der Waals surface area contributed by atoms with E-state index in [1.54, 1.807) is 0 Å². The van der Waals surface area contributed by atoms with Gasteiger partial charge in [-0.2, -0.15) is 0 Å². The molecule has 2 aliphatic rings. The lowest BCUT2D eigenvalue weighted by molar-refractivity contribution is 0.269. The molecule has 9 aromatic carbocycles. The van der Waals surface area contributed by atoms with E-state index in [1.165, 1.54) is 38.2 Å². The lowest BCUT2D eigenvalue weighted by Gasteiger charge is -2.29. The monoisotopic (exact) mass is 755 g/mol. The van der Waals surface area contributed by atoms with Crippen LogP contribution in [-0.4, -0.2) is 6.10 Å². The molecule has 0 saturated carbocycles. The Bertz CT molecular complexity index is 3340. The molecule has 1 aromatic heterocycles. The molecule has 0 spiro atoms. The van der Waals surface area contributed by atoms with Gasteiger partial charge in [-0.3, -0.25) is 0 Å². The second kappa shape index (κ2) is 13.5. The van der Waals surface area contributed by atoms with Crippen LogP contribution in [-0.2, 0) is 0 Å². The topological polar surface area (TPSA) is 25.6 Å². The van der Waals surface area contributed by atoms with E-state index in [-0.39, 0.29) is 12.0 Å². The second-order valence-corrected chi connectivity index (χ2v) is 15.5. The van der Waals surface area contributed by atoms with E-state index in [2.05, 4.69) is 205 Å². The number of para-hydroxylation sites is 1. The number of rotatable bonds is 6. The Hall–Kier alpha value is -7.62. The molecular formula is C56H37NO2.